The van der Waals surface area contributed by atoms with Crippen LogP contribution in [0.5, 0.6) is 0 Å². The van der Waals surface area contributed by atoms with Gasteiger partial charge in [0.1, 0.15) is 0 Å². The number of hydrogen-bond acceptors (Lipinski definition) is 1. The first-order chi connectivity index (χ1) is 7.24. The Morgan fingerprint density at radius 3 is 2.18 bits per heavy atom. The summed E-state index contributed by atoms with van der Waals surface area (Å²) in [5.74, 6) is 0. The molecule has 0 saturated carbocycles. The molecule has 0 saturated heterocycles. The molecule has 1 atom stereocenters. The number of unbranched alkanes of at least 4 members (excludes halogenated alkanes) is 2. The SMILES string of the molecule is C=CC(CCCC[CH2-])O[Si](C)(C)C(C)(C)C.[Li+]. The van der Waals surface area contributed by atoms with E-state index >= 15 is 0 Å². The number of hydrogen-bond donors (Lipinski definition) is 0. The quantitative estimate of drug-likeness (QED) is 0.290. The summed E-state index contributed by atoms with van der Waals surface area (Å²) >= 11 is 0. The van der Waals surface area contributed by atoms with Gasteiger partial charge in [-0.15, -0.1) is 6.58 Å². The molecule has 17 heavy (non-hydrogen) atoms. The van der Waals surface area contributed by atoms with Crippen molar-refractivity contribution in [1.29, 1.82) is 0 Å². The van der Waals surface area contributed by atoms with E-state index in [-0.39, 0.29) is 30.0 Å². The average molecular weight is 248 g/mol. The Hall–Kier alpha value is 0.514. The van der Waals surface area contributed by atoms with Crippen LogP contribution in [0.2, 0.25) is 18.1 Å². The monoisotopic (exact) mass is 248 g/mol. The Bertz CT molecular complexity index is 209. The van der Waals surface area contributed by atoms with Crippen LogP contribution in [0, 0.1) is 6.92 Å². The Balaban J connectivity index is 0. The molecule has 0 rings (SSSR count). The fourth-order valence-corrected chi connectivity index (χ4v) is 2.63. The largest absolute Gasteiger partial charge is 1.00 e. The first kappa shape index (κ1) is 19.8. The van der Waals surface area contributed by atoms with Gasteiger partial charge >= 0.3 is 18.9 Å². The maximum absolute atomic E-state index is 6.30. The predicted octanol–water partition coefficient (Wildman–Crippen LogP) is 1.96. The Labute approximate surface area is 122 Å². The second-order valence-corrected chi connectivity index (χ2v) is 10.8. The van der Waals surface area contributed by atoms with E-state index in [0.717, 1.165) is 12.8 Å². The van der Waals surface area contributed by atoms with Gasteiger partial charge in [0.15, 0.2) is 8.32 Å². The molecule has 0 aromatic carbocycles. The Morgan fingerprint density at radius 1 is 1.29 bits per heavy atom. The zero-order valence-electron chi connectivity index (χ0n) is 12.8. The maximum Gasteiger partial charge on any atom is 1.00 e. The molecule has 0 aromatic rings. The van der Waals surface area contributed by atoms with Crippen LogP contribution in [0.3, 0.4) is 0 Å². The summed E-state index contributed by atoms with van der Waals surface area (Å²) in [5.41, 5.74) is 0. The summed E-state index contributed by atoms with van der Waals surface area (Å²) in [6, 6.07) is 0. The van der Waals surface area contributed by atoms with Crippen LogP contribution >= 0.6 is 0 Å². The van der Waals surface area contributed by atoms with Gasteiger partial charge in [-0.2, -0.15) is 6.42 Å². The number of rotatable bonds is 7. The van der Waals surface area contributed by atoms with Crippen molar-refractivity contribution >= 4 is 8.32 Å². The van der Waals surface area contributed by atoms with Gasteiger partial charge in [-0.3, -0.25) is 0 Å². The molecule has 0 spiro atoms. The van der Waals surface area contributed by atoms with Crippen molar-refractivity contribution in [2.24, 2.45) is 0 Å². The summed E-state index contributed by atoms with van der Waals surface area (Å²) in [4.78, 5) is 0. The molecule has 96 valence electrons. The molecule has 0 N–H and O–H groups in total. The predicted molar refractivity (Wildman–Crippen MR) is 76.1 cm³/mol. The first-order valence-corrected chi connectivity index (χ1v) is 9.25. The van der Waals surface area contributed by atoms with Crippen LogP contribution in [0.25, 0.3) is 0 Å². The maximum atomic E-state index is 6.30. The Morgan fingerprint density at radius 2 is 1.82 bits per heavy atom. The van der Waals surface area contributed by atoms with E-state index < -0.39 is 8.32 Å². The first-order valence-electron chi connectivity index (χ1n) is 6.34. The molecule has 3 heteroatoms. The van der Waals surface area contributed by atoms with E-state index in [1.54, 1.807) is 0 Å². The van der Waals surface area contributed by atoms with E-state index in [1.807, 2.05) is 6.08 Å². The van der Waals surface area contributed by atoms with E-state index in [9.17, 15) is 0 Å². The zero-order chi connectivity index (χ0) is 12.8. The van der Waals surface area contributed by atoms with Crippen LogP contribution in [-0.2, 0) is 4.43 Å². The fraction of sp³-hybridized carbons (Fsp3) is 0.786. The molecule has 1 unspecified atom stereocenters. The van der Waals surface area contributed by atoms with Crippen LogP contribution in [0.1, 0.15) is 46.5 Å². The molecule has 0 aliphatic carbocycles. The van der Waals surface area contributed by atoms with Crippen molar-refractivity contribution in [2.75, 3.05) is 0 Å². The fourth-order valence-electron chi connectivity index (χ4n) is 1.30. The molecule has 0 aliphatic heterocycles. The van der Waals surface area contributed by atoms with Crippen LogP contribution in [-0.4, -0.2) is 14.4 Å². The van der Waals surface area contributed by atoms with Crippen molar-refractivity contribution in [1.82, 2.24) is 0 Å². The van der Waals surface area contributed by atoms with Gasteiger partial charge in [0.05, 0.1) is 6.10 Å². The van der Waals surface area contributed by atoms with Crippen molar-refractivity contribution < 1.29 is 23.3 Å². The van der Waals surface area contributed by atoms with Crippen LogP contribution in [0.15, 0.2) is 12.7 Å². The topological polar surface area (TPSA) is 9.23 Å². The molecular formula is C14H29LiOSi. The van der Waals surface area contributed by atoms with Crippen LogP contribution in [0.4, 0.5) is 0 Å². The van der Waals surface area contributed by atoms with Crippen LogP contribution < -0.4 is 18.9 Å². The minimum absolute atomic E-state index is 0. The van der Waals surface area contributed by atoms with Gasteiger partial charge in [0.25, 0.3) is 0 Å². The van der Waals surface area contributed by atoms with Gasteiger partial charge in [-0.1, -0.05) is 39.7 Å². The standard InChI is InChI=1S/C14H29OSi.Li/c1-8-10-11-12-13(9-2)15-16(6,7)14(3,4)5;/h9,13H,1-2,8,10-12H2,3-7H3;/q-1;+1. The molecule has 0 heterocycles. The minimum atomic E-state index is -1.64. The van der Waals surface area contributed by atoms with Crippen molar-refractivity contribution in [3.63, 3.8) is 0 Å². The smallest absolute Gasteiger partial charge is 0.411 e. The molecule has 0 aliphatic rings. The molecule has 0 amide bonds. The molecule has 0 radical (unpaired) electrons. The zero-order valence-corrected chi connectivity index (χ0v) is 13.8. The van der Waals surface area contributed by atoms with Gasteiger partial charge in [0, 0.05) is 0 Å². The molecule has 1 nitrogen and oxygen atoms in total. The van der Waals surface area contributed by atoms with E-state index in [0.29, 0.717) is 0 Å². The third-order valence-corrected chi connectivity index (χ3v) is 8.01. The summed E-state index contributed by atoms with van der Waals surface area (Å²) in [6.45, 7) is 19.2. The average Bonchev–Trinajstić information content (AvgIpc) is 2.14. The molecular weight excluding hydrogens is 219 g/mol. The van der Waals surface area contributed by atoms with Crippen molar-refractivity contribution in [2.45, 2.75) is 70.7 Å². The molecule has 0 fully saturated rings. The third kappa shape index (κ3) is 7.52. The second kappa shape index (κ2) is 8.59. The van der Waals surface area contributed by atoms with Gasteiger partial charge in [0.2, 0.25) is 0 Å². The van der Waals surface area contributed by atoms with Gasteiger partial charge < -0.3 is 11.3 Å². The summed E-state index contributed by atoms with van der Waals surface area (Å²) in [7, 11) is -1.64. The summed E-state index contributed by atoms with van der Waals surface area (Å²) in [5, 5.41) is 0.278. The van der Waals surface area contributed by atoms with E-state index in [2.05, 4.69) is 47.4 Å². The Kier molecular flexibility index (Phi) is 10.0. The normalized spacial score (nSPS) is 14.0. The second-order valence-electron chi connectivity index (χ2n) is 6.00. The van der Waals surface area contributed by atoms with Crippen molar-refractivity contribution in [3.05, 3.63) is 19.6 Å². The van der Waals surface area contributed by atoms with Gasteiger partial charge in [-0.05, 0) is 24.6 Å². The third-order valence-electron chi connectivity index (χ3n) is 3.50. The van der Waals surface area contributed by atoms with E-state index in [1.165, 1.54) is 12.8 Å². The summed E-state index contributed by atoms with van der Waals surface area (Å²) in [6.07, 6.45) is 6.67. The van der Waals surface area contributed by atoms with E-state index in [4.69, 9.17) is 4.43 Å². The van der Waals surface area contributed by atoms with Crippen molar-refractivity contribution in [3.8, 4) is 0 Å². The minimum Gasteiger partial charge on any atom is -0.411 e. The molecule has 0 aromatic heterocycles. The molecule has 0 bridgehead atoms. The summed E-state index contributed by atoms with van der Waals surface area (Å²) < 4.78 is 6.30. The van der Waals surface area contributed by atoms with Gasteiger partial charge in [-0.25, -0.2) is 0 Å².